The van der Waals surface area contributed by atoms with Gasteiger partial charge < -0.3 is 4.90 Å². The molecule has 5 nitrogen and oxygen atoms in total. The number of nitrogens with one attached hydrogen (secondary N) is 1. The zero-order chi connectivity index (χ0) is 12.5. The molecular weight excluding hydrogens is 237 g/mol. The van der Waals surface area contributed by atoms with Crippen LogP contribution in [0.1, 0.15) is 23.3 Å². The predicted molar refractivity (Wildman–Crippen MR) is 51.1 cm³/mol. The largest absolute Gasteiger partial charge is 0.393 e. The van der Waals surface area contributed by atoms with Crippen LogP contribution in [0.5, 0.6) is 0 Å². The number of aromatic amines is 1. The van der Waals surface area contributed by atoms with Gasteiger partial charge in [0.25, 0.3) is 5.91 Å². The van der Waals surface area contributed by atoms with Gasteiger partial charge in [0.05, 0.1) is 12.1 Å². The first kappa shape index (κ1) is 11.9. The van der Waals surface area contributed by atoms with Gasteiger partial charge in [0.15, 0.2) is 5.69 Å². The molecule has 0 spiro atoms. The molecule has 2 rings (SSSR count). The summed E-state index contributed by atoms with van der Waals surface area (Å²) in [5.41, 5.74) is 0.0489. The molecule has 1 aliphatic rings. The Bertz CT molecular complexity index is 389. The van der Waals surface area contributed by atoms with E-state index in [1.807, 2.05) is 0 Å². The Morgan fingerprint density at radius 1 is 1.53 bits per heavy atom. The van der Waals surface area contributed by atoms with Gasteiger partial charge in [-0.1, -0.05) is 0 Å². The SMILES string of the molecule is O=C(c1cn[nH]n1)N1CCCC(C(F)(F)F)C1. The van der Waals surface area contributed by atoms with E-state index in [1.54, 1.807) is 0 Å². The number of carbonyl (C=O) groups excluding carboxylic acids is 1. The van der Waals surface area contributed by atoms with Crippen molar-refractivity contribution in [2.24, 2.45) is 5.92 Å². The Balaban J connectivity index is 2.05. The minimum Gasteiger partial charge on any atom is -0.337 e. The Hall–Kier alpha value is -1.60. The second-order valence-corrected chi connectivity index (χ2v) is 3.99. The summed E-state index contributed by atoms with van der Waals surface area (Å²) in [5, 5.41) is 9.29. The molecule has 1 fully saturated rings. The molecule has 0 radical (unpaired) electrons. The van der Waals surface area contributed by atoms with Crippen LogP contribution in [0.25, 0.3) is 0 Å². The lowest BCUT2D eigenvalue weighted by atomic mass is 9.97. The van der Waals surface area contributed by atoms with E-state index in [9.17, 15) is 18.0 Å². The van der Waals surface area contributed by atoms with Crippen LogP contribution in [0.2, 0.25) is 0 Å². The van der Waals surface area contributed by atoms with Gasteiger partial charge in [0.1, 0.15) is 0 Å². The third kappa shape index (κ3) is 2.56. The first-order valence-electron chi connectivity index (χ1n) is 5.20. The molecular formula is C9H11F3N4O. The predicted octanol–water partition coefficient (Wildman–Crippen LogP) is 1.22. The molecule has 17 heavy (non-hydrogen) atoms. The summed E-state index contributed by atoms with van der Waals surface area (Å²) in [6.45, 7) is 0.0352. The highest BCUT2D eigenvalue weighted by molar-refractivity contribution is 5.91. The molecule has 8 heteroatoms. The Labute approximate surface area is 95.0 Å². The number of aromatic nitrogens is 3. The van der Waals surface area contributed by atoms with Crippen LogP contribution in [-0.2, 0) is 0 Å². The fourth-order valence-electron chi connectivity index (χ4n) is 1.90. The first-order valence-corrected chi connectivity index (χ1v) is 5.20. The maximum absolute atomic E-state index is 12.5. The molecule has 1 aromatic rings. The maximum Gasteiger partial charge on any atom is 0.393 e. The minimum atomic E-state index is -4.25. The van der Waals surface area contributed by atoms with E-state index in [0.29, 0.717) is 13.0 Å². The van der Waals surface area contributed by atoms with Crippen molar-refractivity contribution in [3.05, 3.63) is 11.9 Å². The molecule has 1 amide bonds. The maximum atomic E-state index is 12.5. The van der Waals surface area contributed by atoms with Gasteiger partial charge in [0.2, 0.25) is 0 Å². The summed E-state index contributed by atoms with van der Waals surface area (Å²) in [6, 6.07) is 0. The molecule has 1 saturated heterocycles. The number of amides is 1. The Morgan fingerprint density at radius 3 is 2.88 bits per heavy atom. The molecule has 2 heterocycles. The molecule has 1 atom stereocenters. The van der Waals surface area contributed by atoms with Gasteiger partial charge in [-0.2, -0.15) is 28.6 Å². The summed E-state index contributed by atoms with van der Waals surface area (Å²) in [6.07, 6.45) is -2.61. The lowest BCUT2D eigenvalue weighted by molar-refractivity contribution is -0.184. The average molecular weight is 248 g/mol. The van der Waals surface area contributed by atoms with Gasteiger partial charge in [-0.15, -0.1) is 0 Å². The lowest BCUT2D eigenvalue weighted by Crippen LogP contribution is -2.44. The Morgan fingerprint density at radius 2 is 2.29 bits per heavy atom. The van der Waals surface area contributed by atoms with Crippen LogP contribution >= 0.6 is 0 Å². The van der Waals surface area contributed by atoms with Crippen molar-refractivity contribution in [3.63, 3.8) is 0 Å². The summed E-state index contributed by atoms with van der Waals surface area (Å²) in [7, 11) is 0. The van der Waals surface area contributed by atoms with Crippen molar-refractivity contribution in [1.29, 1.82) is 0 Å². The smallest absolute Gasteiger partial charge is 0.337 e. The van der Waals surface area contributed by atoms with Crippen molar-refractivity contribution < 1.29 is 18.0 Å². The van der Waals surface area contributed by atoms with Crippen molar-refractivity contribution in [3.8, 4) is 0 Å². The first-order chi connectivity index (χ1) is 7.98. The number of carbonyl (C=O) groups is 1. The molecule has 1 N–H and O–H groups in total. The van der Waals surface area contributed by atoms with Crippen molar-refractivity contribution in [1.82, 2.24) is 20.3 Å². The van der Waals surface area contributed by atoms with E-state index in [1.165, 1.54) is 11.1 Å². The highest BCUT2D eigenvalue weighted by Crippen LogP contribution is 2.33. The highest BCUT2D eigenvalue weighted by atomic mass is 19.4. The quantitative estimate of drug-likeness (QED) is 0.812. The second-order valence-electron chi connectivity index (χ2n) is 3.99. The van der Waals surface area contributed by atoms with Crippen LogP contribution in [-0.4, -0.2) is 45.5 Å². The topological polar surface area (TPSA) is 61.9 Å². The number of rotatable bonds is 1. The molecule has 0 aliphatic carbocycles. The number of likely N-dealkylation sites (tertiary alicyclic amines) is 1. The second kappa shape index (κ2) is 4.34. The molecule has 0 saturated carbocycles. The van der Waals surface area contributed by atoms with Gasteiger partial charge in [0, 0.05) is 13.1 Å². The number of hydrogen-bond donors (Lipinski definition) is 1. The number of hydrogen-bond acceptors (Lipinski definition) is 3. The number of H-pyrrole nitrogens is 1. The summed E-state index contributed by atoms with van der Waals surface area (Å²) in [5.74, 6) is -1.94. The molecule has 94 valence electrons. The number of piperidine rings is 1. The van der Waals surface area contributed by atoms with Gasteiger partial charge in [-0.25, -0.2) is 0 Å². The van der Waals surface area contributed by atoms with Crippen molar-refractivity contribution >= 4 is 5.91 Å². The van der Waals surface area contributed by atoms with Crippen LogP contribution in [0.15, 0.2) is 6.20 Å². The fourth-order valence-corrected chi connectivity index (χ4v) is 1.90. The van der Waals surface area contributed by atoms with E-state index in [2.05, 4.69) is 15.4 Å². The molecule has 0 aromatic carbocycles. The lowest BCUT2D eigenvalue weighted by Gasteiger charge is -2.33. The number of halogens is 3. The number of alkyl halides is 3. The van der Waals surface area contributed by atoms with Gasteiger partial charge in [-0.3, -0.25) is 4.79 Å². The fraction of sp³-hybridized carbons (Fsp3) is 0.667. The standard InChI is InChI=1S/C9H11F3N4O/c10-9(11,12)6-2-1-3-16(5-6)8(17)7-4-13-15-14-7/h4,6H,1-3,5H2,(H,13,14,15). The van der Waals surface area contributed by atoms with E-state index in [0.717, 1.165) is 0 Å². The summed E-state index contributed by atoms with van der Waals surface area (Å²) >= 11 is 0. The van der Waals surface area contributed by atoms with Crippen molar-refractivity contribution in [2.45, 2.75) is 19.0 Å². The Kier molecular flexibility index (Phi) is 3.03. The van der Waals surface area contributed by atoms with Crippen LogP contribution in [0.4, 0.5) is 13.2 Å². The summed E-state index contributed by atoms with van der Waals surface area (Å²) in [4.78, 5) is 12.9. The van der Waals surface area contributed by atoms with Crippen molar-refractivity contribution in [2.75, 3.05) is 13.1 Å². The van der Waals surface area contributed by atoms with Gasteiger partial charge in [-0.05, 0) is 12.8 Å². The minimum absolute atomic E-state index is 0.0489. The van der Waals surface area contributed by atoms with E-state index in [-0.39, 0.29) is 18.7 Å². The monoisotopic (exact) mass is 248 g/mol. The zero-order valence-corrected chi connectivity index (χ0v) is 8.87. The zero-order valence-electron chi connectivity index (χ0n) is 8.87. The van der Waals surface area contributed by atoms with Crippen LogP contribution in [0.3, 0.4) is 0 Å². The molecule has 1 aliphatic heterocycles. The van der Waals surface area contributed by atoms with Crippen LogP contribution < -0.4 is 0 Å². The number of nitrogens with zero attached hydrogens (tertiary/aromatic N) is 3. The van der Waals surface area contributed by atoms with E-state index in [4.69, 9.17) is 0 Å². The third-order valence-electron chi connectivity index (χ3n) is 2.81. The molecule has 1 unspecified atom stereocenters. The molecule has 1 aromatic heterocycles. The highest BCUT2D eigenvalue weighted by Gasteiger charge is 2.42. The van der Waals surface area contributed by atoms with E-state index < -0.39 is 18.0 Å². The molecule has 0 bridgehead atoms. The van der Waals surface area contributed by atoms with Crippen LogP contribution in [0, 0.1) is 5.92 Å². The average Bonchev–Trinajstić information content (AvgIpc) is 2.80. The van der Waals surface area contributed by atoms with Gasteiger partial charge >= 0.3 is 6.18 Å². The normalized spacial score (nSPS) is 21.6. The third-order valence-corrected chi connectivity index (χ3v) is 2.81. The van der Waals surface area contributed by atoms with E-state index >= 15 is 0 Å². The summed E-state index contributed by atoms with van der Waals surface area (Å²) < 4.78 is 37.6.